The van der Waals surface area contributed by atoms with E-state index in [1.807, 2.05) is 6.92 Å². The zero-order chi connectivity index (χ0) is 9.97. The SMILES string of the molecule is CCOC(=O)[C@@H]1NCC2=CCCC[C@@H]21. The molecule has 0 aromatic carbocycles. The van der Waals surface area contributed by atoms with Crippen molar-refractivity contribution in [2.45, 2.75) is 32.2 Å². The predicted octanol–water partition coefficient (Wildman–Crippen LogP) is 1.25. The Bertz CT molecular complexity index is 260. The quantitative estimate of drug-likeness (QED) is 0.532. The first kappa shape index (κ1) is 9.71. The van der Waals surface area contributed by atoms with Gasteiger partial charge in [-0.2, -0.15) is 0 Å². The first-order valence-electron chi connectivity index (χ1n) is 5.42. The Morgan fingerprint density at radius 2 is 2.57 bits per heavy atom. The van der Waals surface area contributed by atoms with E-state index in [-0.39, 0.29) is 12.0 Å². The zero-order valence-electron chi connectivity index (χ0n) is 8.58. The van der Waals surface area contributed by atoms with E-state index >= 15 is 0 Å². The molecule has 2 aliphatic rings. The molecule has 0 amide bonds. The average Bonchev–Trinajstić information content (AvgIpc) is 2.61. The minimum absolute atomic E-state index is 0.0807. The molecule has 14 heavy (non-hydrogen) atoms. The zero-order valence-corrected chi connectivity index (χ0v) is 8.58. The molecule has 0 saturated carbocycles. The van der Waals surface area contributed by atoms with Gasteiger partial charge in [-0.1, -0.05) is 11.6 Å². The number of esters is 1. The molecule has 0 unspecified atom stereocenters. The molecule has 0 aromatic rings. The van der Waals surface area contributed by atoms with E-state index in [2.05, 4.69) is 11.4 Å². The normalized spacial score (nSPS) is 30.8. The Labute approximate surface area is 84.5 Å². The maximum atomic E-state index is 11.6. The van der Waals surface area contributed by atoms with Crippen molar-refractivity contribution < 1.29 is 9.53 Å². The van der Waals surface area contributed by atoms with Crippen LogP contribution in [-0.2, 0) is 9.53 Å². The van der Waals surface area contributed by atoms with Gasteiger partial charge in [-0.05, 0) is 26.2 Å². The van der Waals surface area contributed by atoms with Crippen LogP contribution in [0.4, 0.5) is 0 Å². The molecular formula is C11H17NO2. The summed E-state index contributed by atoms with van der Waals surface area (Å²) < 4.78 is 5.05. The molecule has 0 spiro atoms. The maximum absolute atomic E-state index is 11.6. The lowest BCUT2D eigenvalue weighted by Crippen LogP contribution is -2.37. The Balaban J connectivity index is 2.04. The molecule has 0 bridgehead atoms. The lowest BCUT2D eigenvalue weighted by atomic mass is 9.86. The van der Waals surface area contributed by atoms with E-state index < -0.39 is 0 Å². The van der Waals surface area contributed by atoms with Gasteiger partial charge in [0.05, 0.1) is 6.61 Å². The standard InChI is InChI=1S/C11H17NO2/c1-2-14-11(13)10-9-6-4-3-5-8(9)7-12-10/h5,9-10,12H,2-4,6-7H2,1H3/t9-,10+/m0/s1. The predicted molar refractivity (Wildman–Crippen MR) is 53.8 cm³/mol. The van der Waals surface area contributed by atoms with Crippen LogP contribution < -0.4 is 5.32 Å². The van der Waals surface area contributed by atoms with Crippen LogP contribution in [0.1, 0.15) is 26.2 Å². The van der Waals surface area contributed by atoms with E-state index in [1.54, 1.807) is 0 Å². The summed E-state index contributed by atoms with van der Waals surface area (Å²) in [5.74, 6) is 0.325. The number of hydrogen-bond acceptors (Lipinski definition) is 3. The van der Waals surface area contributed by atoms with Crippen LogP contribution in [0.3, 0.4) is 0 Å². The van der Waals surface area contributed by atoms with Crippen LogP contribution in [0.15, 0.2) is 11.6 Å². The molecular weight excluding hydrogens is 178 g/mol. The van der Waals surface area contributed by atoms with Crippen LogP contribution in [0.5, 0.6) is 0 Å². The van der Waals surface area contributed by atoms with E-state index in [1.165, 1.54) is 18.4 Å². The number of carbonyl (C=O) groups excluding carboxylic acids is 1. The van der Waals surface area contributed by atoms with E-state index in [0.29, 0.717) is 12.5 Å². The van der Waals surface area contributed by atoms with Gasteiger partial charge >= 0.3 is 5.97 Å². The van der Waals surface area contributed by atoms with Crippen molar-refractivity contribution >= 4 is 5.97 Å². The molecule has 3 nitrogen and oxygen atoms in total. The molecule has 2 atom stereocenters. The van der Waals surface area contributed by atoms with Crippen LogP contribution in [0.2, 0.25) is 0 Å². The lowest BCUT2D eigenvalue weighted by molar-refractivity contribution is -0.146. The summed E-state index contributed by atoms with van der Waals surface area (Å²) in [6, 6.07) is -0.0819. The minimum atomic E-state index is -0.0819. The lowest BCUT2D eigenvalue weighted by Gasteiger charge is -2.21. The molecule has 1 heterocycles. The number of carbonyl (C=O) groups is 1. The van der Waals surface area contributed by atoms with Gasteiger partial charge in [0.25, 0.3) is 0 Å². The van der Waals surface area contributed by atoms with E-state index in [9.17, 15) is 4.79 Å². The summed E-state index contributed by atoms with van der Waals surface area (Å²) in [6.45, 7) is 3.20. The summed E-state index contributed by atoms with van der Waals surface area (Å²) in [6.07, 6.45) is 5.78. The van der Waals surface area contributed by atoms with Crippen LogP contribution >= 0.6 is 0 Å². The fraction of sp³-hybridized carbons (Fsp3) is 0.727. The fourth-order valence-corrected chi connectivity index (χ4v) is 2.40. The first-order valence-corrected chi connectivity index (χ1v) is 5.42. The van der Waals surface area contributed by atoms with Crippen molar-refractivity contribution in [3.63, 3.8) is 0 Å². The molecule has 1 fully saturated rings. The molecule has 78 valence electrons. The van der Waals surface area contributed by atoms with Gasteiger partial charge in [-0.3, -0.25) is 4.79 Å². The van der Waals surface area contributed by atoms with E-state index in [0.717, 1.165) is 13.0 Å². The Hall–Kier alpha value is -0.830. The summed E-state index contributed by atoms with van der Waals surface area (Å²) in [5.41, 5.74) is 1.41. The number of rotatable bonds is 2. The van der Waals surface area contributed by atoms with Gasteiger partial charge in [-0.25, -0.2) is 0 Å². The summed E-state index contributed by atoms with van der Waals surface area (Å²) in [7, 11) is 0. The third-order valence-corrected chi connectivity index (χ3v) is 3.07. The summed E-state index contributed by atoms with van der Waals surface area (Å²) in [5, 5.41) is 3.24. The molecule has 0 radical (unpaired) electrons. The smallest absolute Gasteiger partial charge is 0.323 e. The molecule has 3 heteroatoms. The number of ether oxygens (including phenoxy) is 1. The monoisotopic (exact) mass is 195 g/mol. The number of allylic oxidation sites excluding steroid dienone is 1. The highest BCUT2D eigenvalue weighted by Gasteiger charge is 2.37. The molecule has 1 aliphatic heterocycles. The second-order valence-corrected chi connectivity index (χ2v) is 3.93. The highest BCUT2D eigenvalue weighted by atomic mass is 16.5. The van der Waals surface area contributed by atoms with Gasteiger partial charge in [0.1, 0.15) is 6.04 Å². The van der Waals surface area contributed by atoms with Crippen molar-refractivity contribution in [3.05, 3.63) is 11.6 Å². The third kappa shape index (κ3) is 1.69. The minimum Gasteiger partial charge on any atom is -0.465 e. The second-order valence-electron chi connectivity index (χ2n) is 3.93. The Kier molecular flexibility index (Phi) is 2.87. The largest absolute Gasteiger partial charge is 0.465 e. The van der Waals surface area contributed by atoms with Crippen molar-refractivity contribution in [3.8, 4) is 0 Å². The topological polar surface area (TPSA) is 38.3 Å². The average molecular weight is 195 g/mol. The Morgan fingerprint density at radius 1 is 1.71 bits per heavy atom. The number of nitrogens with one attached hydrogen (secondary N) is 1. The summed E-state index contributed by atoms with van der Waals surface area (Å²) >= 11 is 0. The van der Waals surface area contributed by atoms with E-state index in [4.69, 9.17) is 4.74 Å². The number of fused-ring (bicyclic) bond motifs is 1. The van der Waals surface area contributed by atoms with Crippen molar-refractivity contribution in [1.82, 2.24) is 5.32 Å². The highest BCUT2D eigenvalue weighted by molar-refractivity contribution is 5.77. The van der Waals surface area contributed by atoms with Crippen molar-refractivity contribution in [2.75, 3.05) is 13.2 Å². The van der Waals surface area contributed by atoms with Gasteiger partial charge < -0.3 is 10.1 Å². The molecule has 0 aromatic heterocycles. The Morgan fingerprint density at radius 3 is 3.36 bits per heavy atom. The number of hydrogen-bond donors (Lipinski definition) is 1. The first-order chi connectivity index (χ1) is 6.83. The highest BCUT2D eigenvalue weighted by Crippen LogP contribution is 2.31. The van der Waals surface area contributed by atoms with Crippen molar-refractivity contribution in [2.24, 2.45) is 5.92 Å². The summed E-state index contributed by atoms with van der Waals surface area (Å²) in [4.78, 5) is 11.6. The molecule has 2 rings (SSSR count). The maximum Gasteiger partial charge on any atom is 0.323 e. The fourth-order valence-electron chi connectivity index (χ4n) is 2.40. The van der Waals surface area contributed by atoms with Gasteiger partial charge in [0, 0.05) is 12.5 Å². The van der Waals surface area contributed by atoms with Gasteiger partial charge in [0.15, 0.2) is 0 Å². The third-order valence-electron chi connectivity index (χ3n) is 3.07. The second kappa shape index (κ2) is 4.13. The van der Waals surface area contributed by atoms with Crippen molar-refractivity contribution in [1.29, 1.82) is 0 Å². The van der Waals surface area contributed by atoms with Gasteiger partial charge in [0.2, 0.25) is 0 Å². The van der Waals surface area contributed by atoms with Crippen LogP contribution in [0.25, 0.3) is 0 Å². The molecule has 1 aliphatic carbocycles. The molecule has 1 N–H and O–H groups in total. The van der Waals surface area contributed by atoms with Gasteiger partial charge in [-0.15, -0.1) is 0 Å². The van der Waals surface area contributed by atoms with Crippen LogP contribution in [0, 0.1) is 5.92 Å². The van der Waals surface area contributed by atoms with Crippen LogP contribution in [-0.4, -0.2) is 25.2 Å². The molecule has 1 saturated heterocycles.